The van der Waals surface area contributed by atoms with Gasteiger partial charge in [-0.3, -0.25) is 14.9 Å². The van der Waals surface area contributed by atoms with Crippen LogP contribution in [0.2, 0.25) is 0 Å². The van der Waals surface area contributed by atoms with Crippen LogP contribution in [-0.2, 0) is 16.5 Å². The molecule has 1 aliphatic carbocycles. The number of methoxy groups -OCH3 is 1. The Morgan fingerprint density at radius 2 is 1.86 bits per heavy atom. The number of ether oxygens (including phenoxy) is 2. The number of anilines is 1. The summed E-state index contributed by atoms with van der Waals surface area (Å²) >= 11 is 0. The minimum atomic E-state index is -0.415. The highest BCUT2D eigenvalue weighted by Crippen LogP contribution is 2.34. The van der Waals surface area contributed by atoms with Crippen LogP contribution in [-0.4, -0.2) is 65.3 Å². The number of carbonyl (C=O) groups excluding carboxylic acids is 2. The van der Waals surface area contributed by atoms with Gasteiger partial charge in [-0.2, -0.15) is 5.10 Å². The zero-order chi connectivity index (χ0) is 30.5. The molecule has 3 atom stereocenters. The molecule has 3 aromatic rings. The predicted octanol–water partition coefficient (Wildman–Crippen LogP) is 4.03. The first-order chi connectivity index (χ1) is 20.7. The van der Waals surface area contributed by atoms with E-state index in [9.17, 15) is 14.4 Å². The molecule has 43 heavy (non-hydrogen) atoms. The van der Waals surface area contributed by atoms with Crippen LogP contribution in [0.1, 0.15) is 54.9 Å². The van der Waals surface area contributed by atoms with Crippen molar-refractivity contribution in [3.05, 3.63) is 64.1 Å². The summed E-state index contributed by atoms with van der Waals surface area (Å²) < 4.78 is 13.7. The van der Waals surface area contributed by atoms with E-state index in [1.807, 2.05) is 37.3 Å². The lowest BCUT2D eigenvalue weighted by atomic mass is 10.0. The molecule has 2 aliphatic rings. The van der Waals surface area contributed by atoms with Gasteiger partial charge >= 0.3 is 6.03 Å². The van der Waals surface area contributed by atoms with Crippen molar-refractivity contribution in [1.29, 1.82) is 0 Å². The molecule has 1 saturated heterocycles. The van der Waals surface area contributed by atoms with Gasteiger partial charge in [0.25, 0.3) is 11.5 Å². The monoisotopic (exact) mass is 590 g/mol. The molecule has 0 spiro atoms. The molecule has 0 unspecified atom stereocenters. The van der Waals surface area contributed by atoms with Crippen molar-refractivity contribution in [3.63, 3.8) is 0 Å². The molecule has 11 nitrogen and oxygen atoms in total. The van der Waals surface area contributed by atoms with Gasteiger partial charge in [0, 0.05) is 63.4 Å². The van der Waals surface area contributed by atoms with E-state index < -0.39 is 5.91 Å². The third-order valence-electron chi connectivity index (χ3n) is 8.64. The van der Waals surface area contributed by atoms with Crippen LogP contribution >= 0.6 is 0 Å². The fourth-order valence-corrected chi connectivity index (χ4v) is 6.19. The Morgan fingerprint density at radius 3 is 2.58 bits per heavy atom. The first-order valence-corrected chi connectivity index (χ1v) is 15.1. The van der Waals surface area contributed by atoms with Gasteiger partial charge < -0.3 is 24.7 Å². The van der Waals surface area contributed by atoms with Crippen molar-refractivity contribution >= 4 is 17.8 Å². The lowest BCUT2D eigenvalue weighted by Crippen LogP contribution is -2.41. The quantitative estimate of drug-likeness (QED) is 0.345. The van der Waals surface area contributed by atoms with Gasteiger partial charge in [-0.15, -0.1) is 0 Å². The Labute approximate surface area is 252 Å². The fraction of sp³-hybridized carbons (Fsp3) is 0.500. The lowest BCUT2D eigenvalue weighted by molar-refractivity contribution is 0.0695. The molecule has 3 heterocycles. The number of rotatable bonds is 9. The average Bonchev–Trinajstić information content (AvgIpc) is 3.52. The molecule has 1 saturated carbocycles. The molecule has 3 amide bonds. The van der Waals surface area contributed by atoms with Crippen molar-refractivity contribution in [2.75, 3.05) is 32.2 Å². The normalized spacial score (nSPS) is 20.6. The molecule has 3 N–H and O–H groups in total. The second-order valence-corrected chi connectivity index (χ2v) is 11.8. The molecule has 230 valence electrons. The number of hydrogen-bond donors (Lipinski definition) is 3. The smallest absolute Gasteiger partial charge is 0.320 e. The van der Waals surface area contributed by atoms with Crippen molar-refractivity contribution < 1.29 is 19.1 Å². The third kappa shape index (κ3) is 7.00. The van der Waals surface area contributed by atoms with Crippen LogP contribution in [0.5, 0.6) is 0 Å². The summed E-state index contributed by atoms with van der Waals surface area (Å²) in [7, 11) is 3.34. The molecule has 11 heteroatoms. The summed E-state index contributed by atoms with van der Waals surface area (Å²) in [6.07, 6.45) is 6.03. The van der Waals surface area contributed by atoms with E-state index in [4.69, 9.17) is 14.6 Å². The lowest BCUT2D eigenvalue weighted by Gasteiger charge is -2.23. The SMILES string of the molecule is COCC[C@H]1C[C@@H](C)[C@H](NC(=O)Nc2c(C)c(-c3cc(C(=O)NC4CCOCC4)c(=O)n(C)c3)nn2-c2ccccc2)C1. The predicted molar refractivity (Wildman–Crippen MR) is 165 cm³/mol. The highest BCUT2D eigenvalue weighted by atomic mass is 16.5. The number of carbonyl (C=O) groups is 2. The van der Waals surface area contributed by atoms with Crippen molar-refractivity contribution in [2.45, 2.75) is 58.0 Å². The van der Waals surface area contributed by atoms with Crippen LogP contribution in [0.15, 0.2) is 47.4 Å². The number of aromatic nitrogens is 3. The van der Waals surface area contributed by atoms with Crippen LogP contribution < -0.4 is 21.5 Å². The Balaban J connectivity index is 1.43. The number of para-hydroxylation sites is 1. The first kappa shape index (κ1) is 30.5. The van der Waals surface area contributed by atoms with Crippen LogP contribution in [0.25, 0.3) is 16.9 Å². The molecule has 5 rings (SSSR count). The Bertz CT molecular complexity index is 1490. The van der Waals surface area contributed by atoms with E-state index in [1.165, 1.54) is 4.57 Å². The van der Waals surface area contributed by atoms with Gasteiger partial charge in [0.1, 0.15) is 11.4 Å². The number of aryl methyl sites for hydroxylation is 1. The fourth-order valence-electron chi connectivity index (χ4n) is 6.19. The summed E-state index contributed by atoms with van der Waals surface area (Å²) in [4.78, 5) is 39.6. The van der Waals surface area contributed by atoms with Gasteiger partial charge in [0.2, 0.25) is 0 Å². The number of nitrogens with zero attached hydrogens (tertiary/aromatic N) is 3. The van der Waals surface area contributed by atoms with E-state index in [2.05, 4.69) is 22.9 Å². The number of amides is 3. The van der Waals surface area contributed by atoms with E-state index in [1.54, 1.807) is 31.1 Å². The van der Waals surface area contributed by atoms with Crippen molar-refractivity contribution in [1.82, 2.24) is 25.0 Å². The summed E-state index contributed by atoms with van der Waals surface area (Å²) in [6.45, 7) is 5.93. The van der Waals surface area contributed by atoms with E-state index in [0.717, 1.165) is 31.6 Å². The second kappa shape index (κ2) is 13.6. The van der Waals surface area contributed by atoms with Crippen LogP contribution in [0, 0.1) is 18.8 Å². The number of pyridine rings is 1. The van der Waals surface area contributed by atoms with E-state index >= 15 is 0 Å². The average molecular weight is 591 g/mol. The number of urea groups is 1. The standard InChI is InChI=1S/C32H42N6O5/c1-20-16-22(10-13-42-4)17-27(20)34-32(41)35-29-21(2)28(36-38(29)25-8-6-5-7-9-25)23-18-26(31(40)37(3)19-23)30(39)33-24-11-14-43-15-12-24/h5-9,18-20,22,24,27H,10-17H2,1-4H3,(H,33,39)(H2,34,35,41)/t20-,22+,27-/m1/s1. The molecule has 2 fully saturated rings. The molecule has 1 aromatic carbocycles. The highest BCUT2D eigenvalue weighted by molar-refractivity contribution is 5.95. The second-order valence-electron chi connectivity index (χ2n) is 11.8. The maximum absolute atomic E-state index is 13.4. The molecule has 1 aliphatic heterocycles. The number of nitrogens with one attached hydrogen (secondary N) is 3. The highest BCUT2D eigenvalue weighted by Gasteiger charge is 2.32. The first-order valence-electron chi connectivity index (χ1n) is 15.1. The number of benzene rings is 1. The summed E-state index contributed by atoms with van der Waals surface area (Å²) in [6, 6.07) is 10.9. The van der Waals surface area contributed by atoms with Crippen LogP contribution in [0.4, 0.5) is 10.6 Å². The summed E-state index contributed by atoms with van der Waals surface area (Å²) in [5.74, 6) is 0.981. The maximum Gasteiger partial charge on any atom is 0.320 e. The third-order valence-corrected chi connectivity index (χ3v) is 8.64. The number of hydrogen-bond acceptors (Lipinski definition) is 6. The van der Waals surface area contributed by atoms with Gasteiger partial charge in [-0.05, 0) is 69.1 Å². The Kier molecular flexibility index (Phi) is 9.62. The molecular formula is C32H42N6O5. The van der Waals surface area contributed by atoms with E-state index in [-0.39, 0.29) is 29.2 Å². The molecular weight excluding hydrogens is 548 g/mol. The van der Waals surface area contributed by atoms with Gasteiger partial charge in [0.05, 0.1) is 11.4 Å². The van der Waals surface area contributed by atoms with Crippen molar-refractivity contribution in [3.8, 4) is 16.9 Å². The zero-order valence-electron chi connectivity index (χ0n) is 25.4. The topological polar surface area (TPSA) is 129 Å². The van der Waals surface area contributed by atoms with Gasteiger partial charge in [0.15, 0.2) is 0 Å². The minimum Gasteiger partial charge on any atom is -0.385 e. The Morgan fingerprint density at radius 1 is 1.12 bits per heavy atom. The van der Waals surface area contributed by atoms with Crippen LogP contribution in [0.3, 0.4) is 0 Å². The Hall–Kier alpha value is -3.96. The maximum atomic E-state index is 13.4. The molecule has 0 radical (unpaired) electrons. The summed E-state index contributed by atoms with van der Waals surface area (Å²) in [5.41, 5.74) is 2.30. The molecule has 2 aromatic heterocycles. The van der Waals surface area contributed by atoms with Gasteiger partial charge in [-0.25, -0.2) is 9.48 Å². The van der Waals surface area contributed by atoms with E-state index in [0.29, 0.717) is 60.5 Å². The van der Waals surface area contributed by atoms with Crippen molar-refractivity contribution in [2.24, 2.45) is 18.9 Å². The van der Waals surface area contributed by atoms with Gasteiger partial charge in [-0.1, -0.05) is 25.1 Å². The zero-order valence-corrected chi connectivity index (χ0v) is 25.4. The summed E-state index contributed by atoms with van der Waals surface area (Å²) in [5, 5.41) is 14.1. The molecule has 0 bridgehead atoms. The largest absolute Gasteiger partial charge is 0.385 e. The minimum absolute atomic E-state index is 0.0409.